The van der Waals surface area contributed by atoms with Gasteiger partial charge in [-0.3, -0.25) is 0 Å². The summed E-state index contributed by atoms with van der Waals surface area (Å²) in [5.41, 5.74) is 2.40. The first-order valence-corrected chi connectivity index (χ1v) is 6.47. The van der Waals surface area contributed by atoms with Gasteiger partial charge in [0.15, 0.2) is 0 Å². The summed E-state index contributed by atoms with van der Waals surface area (Å²) in [5, 5.41) is 3.46. The van der Waals surface area contributed by atoms with Crippen LogP contribution in [-0.2, 0) is 6.54 Å². The maximum Gasteiger partial charge on any atom is 0.114 e. The number of nitrogens with one attached hydrogen (secondary N) is 1. The van der Waals surface area contributed by atoms with E-state index in [2.05, 4.69) is 48.0 Å². The highest BCUT2D eigenvalue weighted by Crippen LogP contribution is 2.29. The Balaban J connectivity index is 2.15. The molecule has 0 amide bonds. The van der Waals surface area contributed by atoms with Crippen LogP contribution in [0.25, 0.3) is 11.0 Å². The maximum absolute atomic E-state index is 4.84. The van der Waals surface area contributed by atoms with Gasteiger partial charge in [0, 0.05) is 19.0 Å². The van der Waals surface area contributed by atoms with Crippen LogP contribution >= 0.6 is 0 Å². The summed E-state index contributed by atoms with van der Waals surface area (Å²) in [5.74, 6) is 2.49. The third-order valence-electron chi connectivity index (χ3n) is 3.85. The van der Waals surface area contributed by atoms with E-state index in [0.29, 0.717) is 11.8 Å². The third-order valence-corrected chi connectivity index (χ3v) is 3.85. The topological polar surface area (TPSA) is 29.9 Å². The molecule has 1 N–H and O–H groups in total. The van der Waals surface area contributed by atoms with Crippen molar-refractivity contribution in [3.63, 3.8) is 0 Å². The van der Waals surface area contributed by atoms with Gasteiger partial charge in [-0.2, -0.15) is 0 Å². The summed E-state index contributed by atoms with van der Waals surface area (Å²) < 4.78 is 2.36. The molecule has 1 aliphatic rings. The lowest BCUT2D eigenvalue weighted by Gasteiger charge is -2.15. The van der Waals surface area contributed by atoms with Gasteiger partial charge in [0.05, 0.1) is 11.0 Å². The molecule has 90 valence electrons. The molecule has 2 aromatic rings. The van der Waals surface area contributed by atoms with Crippen molar-refractivity contribution in [2.24, 2.45) is 5.92 Å². The molecule has 2 unspecified atom stereocenters. The number of aromatic nitrogens is 2. The summed E-state index contributed by atoms with van der Waals surface area (Å²) in [6.07, 6.45) is 0. The number of hydrogen-bond acceptors (Lipinski definition) is 2. The molecule has 1 fully saturated rings. The number of hydrogen-bond donors (Lipinski definition) is 1. The summed E-state index contributed by atoms with van der Waals surface area (Å²) in [7, 11) is 0. The van der Waals surface area contributed by atoms with Crippen LogP contribution in [0.4, 0.5) is 0 Å². The summed E-state index contributed by atoms with van der Waals surface area (Å²) in [4.78, 5) is 4.84. The lowest BCUT2D eigenvalue weighted by Crippen LogP contribution is -2.14. The molecular weight excluding hydrogens is 210 g/mol. The molecule has 0 spiro atoms. The number of rotatable bonds is 2. The summed E-state index contributed by atoms with van der Waals surface area (Å²) in [6.45, 7) is 7.68. The van der Waals surface area contributed by atoms with Gasteiger partial charge in [-0.25, -0.2) is 4.98 Å². The molecule has 2 heterocycles. The fourth-order valence-corrected chi connectivity index (χ4v) is 2.87. The van der Waals surface area contributed by atoms with E-state index in [-0.39, 0.29) is 0 Å². The second-order valence-electron chi connectivity index (χ2n) is 4.95. The Morgan fingerprint density at radius 1 is 1.35 bits per heavy atom. The van der Waals surface area contributed by atoms with E-state index in [0.717, 1.165) is 25.2 Å². The molecule has 1 saturated heterocycles. The highest BCUT2D eigenvalue weighted by molar-refractivity contribution is 5.76. The minimum Gasteiger partial charge on any atom is -0.328 e. The van der Waals surface area contributed by atoms with Crippen LogP contribution in [0.5, 0.6) is 0 Å². The SMILES string of the molecule is CCn1c(C2CNCC2C)nc2ccccc21. The molecule has 3 nitrogen and oxygen atoms in total. The largest absolute Gasteiger partial charge is 0.328 e. The molecular formula is C14H19N3. The highest BCUT2D eigenvalue weighted by Gasteiger charge is 2.28. The monoisotopic (exact) mass is 229 g/mol. The van der Waals surface area contributed by atoms with Crippen molar-refractivity contribution in [3.8, 4) is 0 Å². The standard InChI is InChI=1S/C14H19N3/c1-3-17-13-7-5-4-6-12(13)16-14(17)11-9-15-8-10(11)2/h4-7,10-11,15H,3,8-9H2,1-2H3. The predicted octanol–water partition coefficient (Wildman–Crippen LogP) is 2.38. The van der Waals surface area contributed by atoms with Gasteiger partial charge in [0.2, 0.25) is 0 Å². The number of aryl methyl sites for hydroxylation is 1. The maximum atomic E-state index is 4.84. The van der Waals surface area contributed by atoms with Crippen molar-refractivity contribution in [1.29, 1.82) is 0 Å². The smallest absolute Gasteiger partial charge is 0.114 e. The minimum atomic E-state index is 0.558. The average Bonchev–Trinajstić information content (AvgIpc) is 2.91. The Bertz CT molecular complexity index is 529. The van der Waals surface area contributed by atoms with Gasteiger partial charge in [-0.1, -0.05) is 19.1 Å². The number of fused-ring (bicyclic) bond motifs is 1. The van der Waals surface area contributed by atoms with Crippen LogP contribution in [0.15, 0.2) is 24.3 Å². The van der Waals surface area contributed by atoms with Gasteiger partial charge in [-0.05, 0) is 31.5 Å². The van der Waals surface area contributed by atoms with E-state index in [9.17, 15) is 0 Å². The van der Waals surface area contributed by atoms with E-state index in [1.54, 1.807) is 0 Å². The number of nitrogens with zero attached hydrogens (tertiary/aromatic N) is 2. The average molecular weight is 229 g/mol. The van der Waals surface area contributed by atoms with Gasteiger partial charge in [-0.15, -0.1) is 0 Å². The Hall–Kier alpha value is -1.35. The van der Waals surface area contributed by atoms with E-state index in [1.165, 1.54) is 11.3 Å². The Labute approximate surface area is 102 Å². The first kappa shape index (κ1) is 10.8. The molecule has 3 rings (SSSR count). The number of benzene rings is 1. The lowest BCUT2D eigenvalue weighted by molar-refractivity contribution is 0.522. The van der Waals surface area contributed by atoms with E-state index in [1.807, 2.05) is 0 Å². The van der Waals surface area contributed by atoms with E-state index >= 15 is 0 Å². The Kier molecular flexibility index (Phi) is 2.63. The normalized spacial score (nSPS) is 24.6. The van der Waals surface area contributed by atoms with Crippen LogP contribution in [0.2, 0.25) is 0 Å². The van der Waals surface area contributed by atoms with Crippen molar-refractivity contribution in [2.45, 2.75) is 26.3 Å². The molecule has 2 atom stereocenters. The fraction of sp³-hybridized carbons (Fsp3) is 0.500. The van der Waals surface area contributed by atoms with Crippen molar-refractivity contribution >= 4 is 11.0 Å². The molecule has 0 radical (unpaired) electrons. The summed E-state index contributed by atoms with van der Waals surface area (Å²) >= 11 is 0. The first-order chi connectivity index (χ1) is 8.31. The van der Waals surface area contributed by atoms with Crippen molar-refractivity contribution in [2.75, 3.05) is 13.1 Å². The van der Waals surface area contributed by atoms with Gasteiger partial charge in [0.1, 0.15) is 5.82 Å². The van der Waals surface area contributed by atoms with Crippen LogP contribution in [-0.4, -0.2) is 22.6 Å². The first-order valence-electron chi connectivity index (χ1n) is 6.47. The van der Waals surface area contributed by atoms with Gasteiger partial charge < -0.3 is 9.88 Å². The number of para-hydroxylation sites is 2. The van der Waals surface area contributed by atoms with Crippen molar-refractivity contribution in [1.82, 2.24) is 14.9 Å². The lowest BCUT2D eigenvalue weighted by atomic mass is 9.97. The van der Waals surface area contributed by atoms with Crippen LogP contribution in [0.3, 0.4) is 0 Å². The molecule has 0 saturated carbocycles. The molecule has 1 aliphatic heterocycles. The van der Waals surface area contributed by atoms with Crippen molar-refractivity contribution in [3.05, 3.63) is 30.1 Å². The second kappa shape index (κ2) is 4.15. The minimum absolute atomic E-state index is 0.558. The zero-order valence-corrected chi connectivity index (χ0v) is 10.5. The fourth-order valence-electron chi connectivity index (χ4n) is 2.87. The molecule has 1 aromatic carbocycles. The molecule has 0 aliphatic carbocycles. The Morgan fingerprint density at radius 2 is 2.18 bits per heavy atom. The van der Waals surface area contributed by atoms with E-state index in [4.69, 9.17) is 4.98 Å². The highest BCUT2D eigenvalue weighted by atomic mass is 15.1. The number of imidazole rings is 1. The quantitative estimate of drug-likeness (QED) is 0.857. The van der Waals surface area contributed by atoms with E-state index < -0.39 is 0 Å². The van der Waals surface area contributed by atoms with Crippen LogP contribution < -0.4 is 5.32 Å². The zero-order chi connectivity index (χ0) is 11.8. The van der Waals surface area contributed by atoms with Gasteiger partial charge >= 0.3 is 0 Å². The molecule has 1 aromatic heterocycles. The molecule has 0 bridgehead atoms. The van der Waals surface area contributed by atoms with Crippen LogP contribution in [0.1, 0.15) is 25.6 Å². The third kappa shape index (κ3) is 1.65. The molecule has 17 heavy (non-hydrogen) atoms. The Morgan fingerprint density at radius 3 is 2.88 bits per heavy atom. The predicted molar refractivity (Wildman–Crippen MR) is 70.2 cm³/mol. The zero-order valence-electron chi connectivity index (χ0n) is 10.5. The van der Waals surface area contributed by atoms with Crippen molar-refractivity contribution < 1.29 is 0 Å². The molecule has 3 heteroatoms. The van der Waals surface area contributed by atoms with Gasteiger partial charge in [0.25, 0.3) is 0 Å². The summed E-state index contributed by atoms with van der Waals surface area (Å²) in [6, 6.07) is 8.44. The van der Waals surface area contributed by atoms with Crippen LogP contribution in [0, 0.1) is 5.92 Å². The second-order valence-corrected chi connectivity index (χ2v) is 4.95.